The highest BCUT2D eigenvalue weighted by Gasteiger charge is 2.26. The number of nitrogens with zero attached hydrogens (tertiary/aromatic N) is 2. The van der Waals surface area contributed by atoms with Crippen LogP contribution in [0.5, 0.6) is 0 Å². The number of hydrogen-bond acceptors (Lipinski definition) is 4. The lowest BCUT2D eigenvalue weighted by Crippen LogP contribution is -2.41. The summed E-state index contributed by atoms with van der Waals surface area (Å²) in [7, 11) is 0.806. The molecule has 2 aromatic rings. The summed E-state index contributed by atoms with van der Waals surface area (Å²) >= 11 is 0. The van der Waals surface area contributed by atoms with E-state index < -0.39 is 10.0 Å². The molecule has 0 fully saturated rings. The number of benzene rings is 2. The van der Waals surface area contributed by atoms with E-state index >= 15 is 0 Å². The van der Waals surface area contributed by atoms with Gasteiger partial charge in [-0.3, -0.25) is 4.90 Å². The number of nitrogens with one attached hydrogen (secondary N) is 1. The molecule has 1 heterocycles. The minimum atomic E-state index is -3.23. The molecular formula is C21H29N3O2S. The molecule has 3 rings (SSSR count). The van der Waals surface area contributed by atoms with Gasteiger partial charge in [-0.2, -0.15) is 0 Å². The van der Waals surface area contributed by atoms with E-state index in [1.54, 1.807) is 6.92 Å². The van der Waals surface area contributed by atoms with Crippen LogP contribution in [0.2, 0.25) is 0 Å². The van der Waals surface area contributed by atoms with E-state index in [2.05, 4.69) is 63.1 Å². The maximum atomic E-state index is 12.0. The van der Waals surface area contributed by atoms with E-state index in [0.717, 1.165) is 30.8 Å². The van der Waals surface area contributed by atoms with Crippen LogP contribution >= 0.6 is 0 Å². The summed E-state index contributed by atoms with van der Waals surface area (Å²) in [5.41, 5.74) is 5.00. The van der Waals surface area contributed by atoms with E-state index in [-0.39, 0.29) is 11.8 Å². The first kappa shape index (κ1) is 19.9. The van der Waals surface area contributed by atoms with Crippen molar-refractivity contribution in [3.8, 4) is 0 Å². The van der Waals surface area contributed by atoms with Crippen molar-refractivity contribution in [1.29, 1.82) is 0 Å². The average Bonchev–Trinajstić information content (AvgIpc) is 2.68. The Morgan fingerprint density at radius 1 is 1.07 bits per heavy atom. The lowest BCUT2D eigenvalue weighted by Gasteiger charge is -2.36. The van der Waals surface area contributed by atoms with Crippen LogP contribution in [0.4, 0.5) is 5.69 Å². The molecule has 0 aromatic heterocycles. The molecule has 5 nitrogen and oxygen atoms in total. The van der Waals surface area contributed by atoms with Crippen LogP contribution in [0.15, 0.2) is 48.5 Å². The number of hydrogen-bond donors (Lipinski definition) is 1. The largest absolute Gasteiger partial charge is 0.378 e. The van der Waals surface area contributed by atoms with Gasteiger partial charge >= 0.3 is 0 Å². The second-order valence-electron chi connectivity index (χ2n) is 7.24. The molecule has 2 aromatic carbocycles. The fourth-order valence-electron chi connectivity index (χ4n) is 3.54. The van der Waals surface area contributed by atoms with E-state index in [9.17, 15) is 8.42 Å². The number of rotatable bonds is 7. The molecule has 1 atom stereocenters. The van der Waals surface area contributed by atoms with Gasteiger partial charge < -0.3 is 4.90 Å². The molecule has 0 bridgehead atoms. The molecule has 6 heteroatoms. The van der Waals surface area contributed by atoms with Gasteiger partial charge in [-0.15, -0.1) is 0 Å². The Kier molecular flexibility index (Phi) is 6.19. The maximum absolute atomic E-state index is 12.0. The predicted molar refractivity (Wildman–Crippen MR) is 112 cm³/mol. The summed E-state index contributed by atoms with van der Waals surface area (Å²) in [6, 6.07) is 16.9. The quantitative estimate of drug-likeness (QED) is 0.794. The van der Waals surface area contributed by atoms with Gasteiger partial charge in [-0.05, 0) is 42.2 Å². The first-order chi connectivity index (χ1) is 12.9. The third-order valence-corrected chi connectivity index (χ3v) is 6.64. The van der Waals surface area contributed by atoms with Gasteiger partial charge in [0.2, 0.25) is 10.0 Å². The van der Waals surface area contributed by atoms with Crippen LogP contribution in [0.3, 0.4) is 0 Å². The number of fused-ring (bicyclic) bond motifs is 1. The summed E-state index contributed by atoms with van der Waals surface area (Å²) in [5, 5.41) is 0. The summed E-state index contributed by atoms with van der Waals surface area (Å²) in [6.45, 7) is 3.81. The smallest absolute Gasteiger partial charge is 0.211 e. The molecule has 1 aliphatic rings. The lowest BCUT2D eigenvalue weighted by molar-refractivity contribution is 0.180. The minimum absolute atomic E-state index is 0.0101. The molecule has 27 heavy (non-hydrogen) atoms. The molecule has 0 saturated carbocycles. The van der Waals surface area contributed by atoms with Crippen molar-refractivity contribution in [2.45, 2.75) is 25.9 Å². The molecule has 1 aliphatic heterocycles. The van der Waals surface area contributed by atoms with Crippen molar-refractivity contribution in [3.05, 3.63) is 65.2 Å². The highest BCUT2D eigenvalue weighted by atomic mass is 32.2. The van der Waals surface area contributed by atoms with Crippen molar-refractivity contribution in [3.63, 3.8) is 0 Å². The van der Waals surface area contributed by atoms with Gasteiger partial charge in [0, 0.05) is 45.5 Å². The highest BCUT2D eigenvalue weighted by molar-refractivity contribution is 7.89. The van der Waals surface area contributed by atoms with E-state index in [1.165, 1.54) is 11.1 Å². The second-order valence-corrected chi connectivity index (χ2v) is 9.34. The van der Waals surface area contributed by atoms with Crippen molar-refractivity contribution in [2.24, 2.45) is 0 Å². The first-order valence-electron chi connectivity index (χ1n) is 9.45. The first-order valence-corrected chi connectivity index (χ1v) is 11.1. The fourth-order valence-corrected chi connectivity index (χ4v) is 4.16. The molecule has 146 valence electrons. The Balaban J connectivity index is 1.85. The third-order valence-electron chi connectivity index (χ3n) is 5.27. The van der Waals surface area contributed by atoms with Crippen LogP contribution in [-0.4, -0.2) is 46.3 Å². The zero-order valence-corrected chi connectivity index (χ0v) is 17.2. The lowest BCUT2D eigenvalue weighted by atomic mass is 9.96. The zero-order valence-electron chi connectivity index (χ0n) is 16.4. The van der Waals surface area contributed by atoms with Gasteiger partial charge in [-0.25, -0.2) is 13.1 Å². The SMILES string of the molecule is CCS(=O)(=O)NCC(c1ccc(N(C)C)cc1)N1CCc2ccccc2C1. The predicted octanol–water partition coefficient (Wildman–Crippen LogP) is 2.79. The van der Waals surface area contributed by atoms with Crippen LogP contribution in [0.1, 0.15) is 29.7 Å². The maximum Gasteiger partial charge on any atom is 0.211 e. The second kappa shape index (κ2) is 8.42. The summed E-state index contributed by atoms with van der Waals surface area (Å²) in [5.74, 6) is 0.0993. The average molecular weight is 388 g/mol. The molecule has 0 amide bonds. The summed E-state index contributed by atoms with van der Waals surface area (Å²) in [6.07, 6.45) is 0.989. The van der Waals surface area contributed by atoms with Gasteiger partial charge in [0.25, 0.3) is 0 Å². The zero-order chi connectivity index (χ0) is 19.4. The molecule has 0 aliphatic carbocycles. The van der Waals surface area contributed by atoms with E-state index in [1.807, 2.05) is 14.1 Å². The van der Waals surface area contributed by atoms with Gasteiger partial charge in [0.1, 0.15) is 0 Å². The van der Waals surface area contributed by atoms with Gasteiger partial charge in [-0.1, -0.05) is 36.4 Å². The van der Waals surface area contributed by atoms with Crippen LogP contribution in [-0.2, 0) is 23.0 Å². The van der Waals surface area contributed by atoms with Crippen molar-refractivity contribution in [2.75, 3.05) is 37.8 Å². The number of anilines is 1. The van der Waals surface area contributed by atoms with E-state index in [4.69, 9.17) is 0 Å². The monoisotopic (exact) mass is 387 g/mol. The van der Waals surface area contributed by atoms with E-state index in [0.29, 0.717) is 6.54 Å². The number of sulfonamides is 1. The molecular weight excluding hydrogens is 358 g/mol. The van der Waals surface area contributed by atoms with Crippen molar-refractivity contribution >= 4 is 15.7 Å². The standard InChI is InChI=1S/C21H29N3O2S/c1-4-27(25,26)22-15-21(18-9-11-20(12-10-18)23(2)3)24-14-13-17-7-5-6-8-19(17)16-24/h5-12,21-22H,4,13-16H2,1-3H3. The van der Waals surface area contributed by atoms with Crippen molar-refractivity contribution < 1.29 is 8.42 Å². The molecule has 1 N–H and O–H groups in total. The Morgan fingerprint density at radius 3 is 2.37 bits per heavy atom. The summed E-state index contributed by atoms with van der Waals surface area (Å²) < 4.78 is 26.8. The topological polar surface area (TPSA) is 52.7 Å². The van der Waals surface area contributed by atoms with Crippen LogP contribution < -0.4 is 9.62 Å². The van der Waals surface area contributed by atoms with Gasteiger partial charge in [0.15, 0.2) is 0 Å². The Hall–Kier alpha value is -1.89. The van der Waals surface area contributed by atoms with Crippen molar-refractivity contribution in [1.82, 2.24) is 9.62 Å². The van der Waals surface area contributed by atoms with Gasteiger partial charge in [0.05, 0.1) is 5.75 Å². The molecule has 0 saturated heterocycles. The van der Waals surface area contributed by atoms with Crippen LogP contribution in [0.25, 0.3) is 0 Å². The minimum Gasteiger partial charge on any atom is -0.378 e. The normalized spacial score (nSPS) is 16.0. The Morgan fingerprint density at radius 2 is 1.74 bits per heavy atom. The van der Waals surface area contributed by atoms with Crippen LogP contribution in [0, 0.1) is 0 Å². The third kappa shape index (κ3) is 4.89. The Labute approximate surface area is 163 Å². The molecule has 0 spiro atoms. The Bertz CT molecular complexity index is 863. The highest BCUT2D eigenvalue weighted by Crippen LogP contribution is 2.28. The summed E-state index contributed by atoms with van der Waals surface area (Å²) in [4.78, 5) is 4.45. The molecule has 0 radical (unpaired) electrons. The fraction of sp³-hybridized carbons (Fsp3) is 0.429. The molecule has 1 unspecified atom stereocenters.